The molecule has 0 saturated carbocycles. The Morgan fingerprint density at radius 3 is 2.46 bits per heavy atom. The van der Waals surface area contributed by atoms with Crippen molar-refractivity contribution < 1.29 is 9.84 Å². The van der Waals surface area contributed by atoms with Gasteiger partial charge in [-0.25, -0.2) is 0 Å². The van der Waals surface area contributed by atoms with Gasteiger partial charge in [0.05, 0.1) is 19.3 Å². The Morgan fingerprint density at radius 2 is 1.79 bits per heavy atom. The van der Waals surface area contributed by atoms with Crippen LogP contribution >= 0.6 is 12.4 Å². The van der Waals surface area contributed by atoms with Crippen LogP contribution in [0.25, 0.3) is 10.9 Å². The number of halogens is 1. The van der Waals surface area contributed by atoms with Gasteiger partial charge in [-0.2, -0.15) is 0 Å². The number of benzene rings is 2. The topological polar surface area (TPSA) is 46.4 Å². The van der Waals surface area contributed by atoms with Gasteiger partial charge < -0.3 is 19.7 Å². The number of aliphatic hydroxyl groups is 1. The summed E-state index contributed by atoms with van der Waals surface area (Å²) in [6.45, 7) is 0.517. The van der Waals surface area contributed by atoms with Crippen molar-refractivity contribution in [3.05, 3.63) is 66.4 Å². The van der Waals surface area contributed by atoms with E-state index in [0.717, 1.165) is 16.8 Å². The zero-order valence-corrected chi connectivity index (χ0v) is 14.7. The number of likely N-dealkylation sites (N-methyl/N-ethyl adjacent to an activating group) is 1. The minimum atomic E-state index is -0.538. The number of hydrogen-bond acceptors (Lipinski definition) is 3. The number of aliphatic hydroxyl groups excluding tert-OH is 1. The van der Waals surface area contributed by atoms with Gasteiger partial charge >= 0.3 is 0 Å². The third-order valence-corrected chi connectivity index (χ3v) is 4.16. The van der Waals surface area contributed by atoms with E-state index in [0.29, 0.717) is 6.54 Å². The lowest BCUT2D eigenvalue weighted by Crippen LogP contribution is -2.33. The van der Waals surface area contributed by atoms with Crippen molar-refractivity contribution in [1.29, 1.82) is 0 Å². The summed E-state index contributed by atoms with van der Waals surface area (Å²) in [5.74, 6) is 0.813. The second-order valence-electron chi connectivity index (χ2n) is 5.62. The third kappa shape index (κ3) is 3.56. The number of fused-ring (bicyclic) bond motifs is 1. The van der Waals surface area contributed by atoms with E-state index in [1.165, 1.54) is 5.39 Å². The van der Waals surface area contributed by atoms with Gasteiger partial charge in [0.25, 0.3) is 0 Å². The zero-order valence-electron chi connectivity index (χ0n) is 13.8. The van der Waals surface area contributed by atoms with Crippen LogP contribution < -0.4 is 10.1 Å². The van der Waals surface area contributed by atoms with Gasteiger partial charge in [-0.3, -0.25) is 0 Å². The average molecular weight is 347 g/mol. The Labute approximate surface area is 148 Å². The molecule has 0 fully saturated rings. The van der Waals surface area contributed by atoms with Crippen LogP contribution in [0.15, 0.2) is 60.8 Å². The van der Waals surface area contributed by atoms with Crippen molar-refractivity contribution >= 4 is 23.3 Å². The Morgan fingerprint density at radius 1 is 1.08 bits per heavy atom. The molecule has 0 spiro atoms. The first-order valence-electron chi connectivity index (χ1n) is 7.77. The largest absolute Gasteiger partial charge is 0.497 e. The molecule has 4 nitrogen and oxygen atoms in total. The molecule has 2 atom stereocenters. The number of nitrogens with zero attached hydrogens (tertiary/aromatic N) is 1. The van der Waals surface area contributed by atoms with Crippen molar-refractivity contribution in [1.82, 2.24) is 9.88 Å². The highest BCUT2D eigenvalue weighted by Crippen LogP contribution is 2.29. The fraction of sp³-hybridized carbons (Fsp3) is 0.263. The van der Waals surface area contributed by atoms with Crippen LogP contribution in [0.2, 0.25) is 0 Å². The highest BCUT2D eigenvalue weighted by molar-refractivity contribution is 5.85. The summed E-state index contributed by atoms with van der Waals surface area (Å²) >= 11 is 0. The minimum absolute atomic E-state index is 0. The fourth-order valence-corrected chi connectivity index (χ4v) is 3.04. The molecule has 0 aliphatic carbocycles. The zero-order chi connectivity index (χ0) is 16.2. The van der Waals surface area contributed by atoms with Crippen LogP contribution in [0.5, 0.6) is 5.75 Å². The molecule has 0 radical (unpaired) electrons. The minimum Gasteiger partial charge on any atom is -0.497 e. The van der Waals surface area contributed by atoms with E-state index in [1.54, 1.807) is 7.11 Å². The standard InChI is InChI=1S/C19H22N2O2.ClH/c1-20-13-18(22)19(15-7-9-16(23-2)10-8-15)21-12-11-14-5-3-4-6-17(14)21;/h3-12,18-20,22H,13H2,1-2H3;1H. The smallest absolute Gasteiger partial charge is 0.118 e. The van der Waals surface area contributed by atoms with Crippen molar-refractivity contribution in [2.45, 2.75) is 12.1 Å². The summed E-state index contributed by atoms with van der Waals surface area (Å²) < 4.78 is 7.37. The quantitative estimate of drug-likeness (QED) is 0.720. The van der Waals surface area contributed by atoms with Crippen molar-refractivity contribution in [2.24, 2.45) is 0 Å². The van der Waals surface area contributed by atoms with Crippen molar-refractivity contribution in [3.8, 4) is 5.75 Å². The molecule has 3 rings (SSSR count). The molecule has 0 aliphatic rings. The van der Waals surface area contributed by atoms with Gasteiger partial charge in [-0.15, -0.1) is 12.4 Å². The van der Waals surface area contributed by atoms with E-state index < -0.39 is 6.10 Å². The number of aromatic nitrogens is 1. The van der Waals surface area contributed by atoms with Crippen LogP contribution in [-0.2, 0) is 0 Å². The molecule has 0 saturated heterocycles. The van der Waals surface area contributed by atoms with Crippen molar-refractivity contribution in [3.63, 3.8) is 0 Å². The van der Waals surface area contributed by atoms with Crippen LogP contribution in [0.3, 0.4) is 0 Å². The summed E-state index contributed by atoms with van der Waals surface area (Å²) in [6.07, 6.45) is 1.50. The maximum absolute atomic E-state index is 10.7. The molecule has 1 aromatic heterocycles. The Hall–Kier alpha value is -2.01. The number of nitrogens with one attached hydrogen (secondary N) is 1. The molecule has 128 valence electrons. The molecule has 1 heterocycles. The van der Waals surface area contributed by atoms with E-state index in [4.69, 9.17) is 4.74 Å². The lowest BCUT2D eigenvalue weighted by molar-refractivity contribution is 0.132. The molecular weight excluding hydrogens is 324 g/mol. The van der Waals surface area contributed by atoms with Crippen LogP contribution in [0.1, 0.15) is 11.6 Å². The molecule has 0 amide bonds. The average Bonchev–Trinajstić information content (AvgIpc) is 3.00. The molecular formula is C19H23ClN2O2. The van der Waals surface area contributed by atoms with Crippen LogP contribution in [-0.4, -0.2) is 36.5 Å². The second-order valence-corrected chi connectivity index (χ2v) is 5.62. The first-order chi connectivity index (χ1) is 11.2. The lowest BCUT2D eigenvalue weighted by Gasteiger charge is -2.26. The Balaban J connectivity index is 0.00000208. The third-order valence-electron chi connectivity index (χ3n) is 4.16. The van der Waals surface area contributed by atoms with Gasteiger partial charge in [0.15, 0.2) is 0 Å². The highest BCUT2D eigenvalue weighted by Gasteiger charge is 2.23. The second kappa shape index (κ2) is 8.20. The highest BCUT2D eigenvalue weighted by atomic mass is 35.5. The van der Waals surface area contributed by atoms with Crippen LogP contribution in [0, 0.1) is 0 Å². The number of hydrogen-bond donors (Lipinski definition) is 2. The molecule has 5 heteroatoms. The molecule has 24 heavy (non-hydrogen) atoms. The molecule has 0 bridgehead atoms. The van der Waals surface area contributed by atoms with Gasteiger partial charge in [0, 0.05) is 18.3 Å². The Bertz CT molecular complexity index is 770. The van der Waals surface area contributed by atoms with E-state index in [-0.39, 0.29) is 18.4 Å². The molecule has 3 aromatic rings. The summed E-state index contributed by atoms with van der Waals surface area (Å²) in [5.41, 5.74) is 2.17. The van der Waals surface area contributed by atoms with E-state index in [1.807, 2.05) is 49.6 Å². The van der Waals surface area contributed by atoms with Crippen LogP contribution in [0.4, 0.5) is 0 Å². The van der Waals surface area contributed by atoms with Gasteiger partial charge in [0.1, 0.15) is 5.75 Å². The number of methoxy groups -OCH3 is 1. The monoisotopic (exact) mass is 346 g/mol. The van der Waals surface area contributed by atoms with Crippen molar-refractivity contribution in [2.75, 3.05) is 20.7 Å². The summed E-state index contributed by atoms with van der Waals surface area (Å²) in [5, 5.41) is 14.9. The first kappa shape index (κ1) is 18.3. The SMILES string of the molecule is CNCC(O)C(c1ccc(OC)cc1)n1ccc2ccccc21.Cl. The summed E-state index contributed by atoms with van der Waals surface area (Å²) in [7, 11) is 3.50. The number of ether oxygens (including phenoxy) is 1. The van der Waals surface area contributed by atoms with E-state index in [2.05, 4.69) is 28.1 Å². The van der Waals surface area contributed by atoms with E-state index in [9.17, 15) is 5.11 Å². The maximum atomic E-state index is 10.7. The predicted octanol–water partition coefficient (Wildman–Crippen LogP) is 3.24. The normalized spacial score (nSPS) is 13.3. The number of rotatable bonds is 6. The summed E-state index contributed by atoms with van der Waals surface area (Å²) in [4.78, 5) is 0. The number of para-hydroxylation sites is 1. The molecule has 2 unspecified atom stereocenters. The lowest BCUT2D eigenvalue weighted by atomic mass is 10.0. The predicted molar refractivity (Wildman–Crippen MR) is 100 cm³/mol. The first-order valence-corrected chi connectivity index (χ1v) is 7.77. The van der Waals surface area contributed by atoms with Gasteiger partial charge in [-0.05, 0) is 42.3 Å². The van der Waals surface area contributed by atoms with E-state index >= 15 is 0 Å². The maximum Gasteiger partial charge on any atom is 0.118 e. The molecule has 0 aliphatic heterocycles. The Kier molecular flexibility index (Phi) is 6.26. The summed E-state index contributed by atoms with van der Waals surface area (Å²) in [6, 6.07) is 18.0. The van der Waals surface area contributed by atoms with Gasteiger partial charge in [-0.1, -0.05) is 30.3 Å². The molecule has 2 N–H and O–H groups in total. The fourth-order valence-electron chi connectivity index (χ4n) is 3.04. The molecule has 2 aromatic carbocycles. The van der Waals surface area contributed by atoms with Gasteiger partial charge in [0.2, 0.25) is 0 Å².